The van der Waals surface area contributed by atoms with Crippen LogP contribution in [0, 0.1) is 0 Å². The molecular weight excluding hydrogens is 280 g/mol. The first kappa shape index (κ1) is 15.0. The summed E-state index contributed by atoms with van der Waals surface area (Å²) in [6, 6.07) is 4.76. The highest BCUT2D eigenvalue weighted by atomic mass is 32.2. The molecule has 110 valence electrons. The predicted molar refractivity (Wildman–Crippen MR) is 73.6 cm³/mol. The maximum absolute atomic E-state index is 12.2. The van der Waals surface area contributed by atoms with Gasteiger partial charge in [-0.2, -0.15) is 0 Å². The molecule has 1 aliphatic rings. The van der Waals surface area contributed by atoms with Crippen molar-refractivity contribution in [3.63, 3.8) is 0 Å². The van der Waals surface area contributed by atoms with E-state index in [2.05, 4.69) is 0 Å². The zero-order valence-electron chi connectivity index (χ0n) is 11.5. The molecule has 1 amide bonds. The van der Waals surface area contributed by atoms with E-state index in [-0.39, 0.29) is 23.5 Å². The average molecular weight is 298 g/mol. The Morgan fingerprint density at radius 1 is 1.45 bits per heavy atom. The maximum atomic E-state index is 12.2. The highest BCUT2D eigenvalue weighted by Crippen LogP contribution is 2.27. The molecule has 0 radical (unpaired) electrons. The minimum absolute atomic E-state index is 0.0607. The van der Waals surface area contributed by atoms with Crippen molar-refractivity contribution >= 4 is 15.9 Å². The first-order chi connectivity index (χ1) is 9.34. The van der Waals surface area contributed by atoms with Gasteiger partial charge in [-0.1, -0.05) is 6.07 Å². The maximum Gasteiger partial charge on any atom is 0.253 e. The molecule has 0 aliphatic heterocycles. The summed E-state index contributed by atoms with van der Waals surface area (Å²) in [4.78, 5) is 13.8. The number of amides is 1. The molecule has 1 saturated carbocycles. The second kappa shape index (κ2) is 5.51. The van der Waals surface area contributed by atoms with Crippen molar-refractivity contribution in [3.8, 4) is 0 Å². The molecular formula is C13H18N2O4S. The molecule has 0 unspecified atom stereocenters. The van der Waals surface area contributed by atoms with E-state index in [0.717, 1.165) is 12.8 Å². The van der Waals surface area contributed by atoms with Gasteiger partial charge < -0.3 is 9.64 Å². The largest absolute Gasteiger partial charge is 0.380 e. The van der Waals surface area contributed by atoms with Crippen molar-refractivity contribution in [3.05, 3.63) is 29.3 Å². The number of hydrogen-bond donors (Lipinski definition) is 1. The predicted octanol–water partition coefficient (Wildman–Crippen LogP) is 0.715. The van der Waals surface area contributed by atoms with E-state index >= 15 is 0 Å². The first-order valence-corrected chi connectivity index (χ1v) is 7.81. The van der Waals surface area contributed by atoms with E-state index < -0.39 is 10.0 Å². The van der Waals surface area contributed by atoms with Crippen LogP contribution < -0.4 is 5.14 Å². The number of rotatable bonds is 5. The highest BCUT2D eigenvalue weighted by Gasteiger charge is 2.30. The summed E-state index contributed by atoms with van der Waals surface area (Å²) in [5, 5.41) is 5.20. The third kappa shape index (κ3) is 3.17. The Hall–Kier alpha value is -1.44. The van der Waals surface area contributed by atoms with E-state index in [1.54, 1.807) is 24.1 Å². The van der Waals surface area contributed by atoms with Gasteiger partial charge in [0.1, 0.15) is 0 Å². The van der Waals surface area contributed by atoms with Crippen LogP contribution in [0.1, 0.15) is 28.8 Å². The lowest BCUT2D eigenvalue weighted by atomic mass is 10.1. The summed E-state index contributed by atoms with van der Waals surface area (Å²) in [5.74, 6) is -0.193. The molecule has 1 aliphatic carbocycles. The van der Waals surface area contributed by atoms with E-state index in [0.29, 0.717) is 11.1 Å². The number of sulfonamides is 1. The number of carbonyl (C=O) groups is 1. The smallest absolute Gasteiger partial charge is 0.253 e. The Balaban J connectivity index is 2.38. The number of benzene rings is 1. The van der Waals surface area contributed by atoms with E-state index in [4.69, 9.17) is 9.88 Å². The van der Waals surface area contributed by atoms with Crippen LogP contribution in [0.4, 0.5) is 0 Å². The van der Waals surface area contributed by atoms with Gasteiger partial charge in [0.25, 0.3) is 5.91 Å². The summed E-state index contributed by atoms with van der Waals surface area (Å²) in [6.07, 6.45) is 1.98. The van der Waals surface area contributed by atoms with Crippen molar-refractivity contribution in [2.75, 3.05) is 14.2 Å². The zero-order chi connectivity index (χ0) is 14.9. The Labute approximate surface area is 118 Å². The van der Waals surface area contributed by atoms with Gasteiger partial charge in [-0.15, -0.1) is 0 Å². The molecule has 1 aromatic rings. The van der Waals surface area contributed by atoms with Crippen LogP contribution in [0.5, 0.6) is 0 Å². The number of hydrogen-bond acceptors (Lipinski definition) is 4. The second-order valence-electron chi connectivity index (χ2n) is 4.95. The Bertz CT molecular complexity index is 623. The number of ether oxygens (including phenoxy) is 1. The van der Waals surface area contributed by atoms with Gasteiger partial charge in [0, 0.05) is 25.8 Å². The molecule has 7 heteroatoms. The molecule has 0 bridgehead atoms. The van der Waals surface area contributed by atoms with Gasteiger partial charge in [-0.05, 0) is 30.5 Å². The van der Waals surface area contributed by atoms with Crippen LogP contribution >= 0.6 is 0 Å². The number of methoxy groups -OCH3 is 1. The monoisotopic (exact) mass is 298 g/mol. The lowest BCUT2D eigenvalue weighted by Gasteiger charge is -2.17. The van der Waals surface area contributed by atoms with Crippen molar-refractivity contribution in [2.24, 2.45) is 5.14 Å². The quantitative estimate of drug-likeness (QED) is 0.867. The van der Waals surface area contributed by atoms with E-state index in [9.17, 15) is 13.2 Å². The van der Waals surface area contributed by atoms with Crippen molar-refractivity contribution < 1.29 is 17.9 Å². The SMILES string of the molecule is COCc1ccc(C(=O)N(C)C2CC2)cc1S(N)(=O)=O. The molecule has 0 heterocycles. The van der Waals surface area contributed by atoms with E-state index in [1.807, 2.05) is 0 Å². The van der Waals surface area contributed by atoms with Gasteiger partial charge >= 0.3 is 0 Å². The topological polar surface area (TPSA) is 89.7 Å². The van der Waals surface area contributed by atoms with Crippen LogP contribution in [-0.2, 0) is 21.4 Å². The molecule has 0 aromatic heterocycles. The van der Waals surface area contributed by atoms with Gasteiger partial charge in [-0.3, -0.25) is 4.79 Å². The number of primary sulfonamides is 1. The number of nitrogens with two attached hydrogens (primary N) is 1. The summed E-state index contributed by atoms with van der Waals surface area (Å²) >= 11 is 0. The minimum atomic E-state index is -3.89. The van der Waals surface area contributed by atoms with Crippen LogP contribution in [0.15, 0.2) is 23.1 Å². The fourth-order valence-electron chi connectivity index (χ4n) is 2.06. The molecule has 6 nitrogen and oxygen atoms in total. The molecule has 0 atom stereocenters. The first-order valence-electron chi connectivity index (χ1n) is 6.26. The Morgan fingerprint density at radius 2 is 2.10 bits per heavy atom. The van der Waals surface area contributed by atoms with Gasteiger partial charge in [0.2, 0.25) is 10.0 Å². The number of nitrogens with zero attached hydrogens (tertiary/aromatic N) is 1. The minimum Gasteiger partial charge on any atom is -0.380 e. The highest BCUT2D eigenvalue weighted by molar-refractivity contribution is 7.89. The van der Waals surface area contributed by atoms with Crippen molar-refractivity contribution in [2.45, 2.75) is 30.4 Å². The van der Waals surface area contributed by atoms with Gasteiger partial charge in [0.15, 0.2) is 0 Å². The summed E-state index contributed by atoms with van der Waals surface area (Å²) in [5.41, 5.74) is 0.768. The third-order valence-corrected chi connectivity index (χ3v) is 4.33. The molecule has 0 saturated heterocycles. The third-order valence-electron chi connectivity index (χ3n) is 3.34. The fourth-order valence-corrected chi connectivity index (χ4v) is 2.84. The lowest BCUT2D eigenvalue weighted by molar-refractivity contribution is 0.0784. The van der Waals surface area contributed by atoms with Crippen LogP contribution in [-0.4, -0.2) is 39.4 Å². The Kier molecular flexibility index (Phi) is 4.12. The molecule has 1 fully saturated rings. The molecule has 2 N–H and O–H groups in total. The number of carbonyl (C=O) groups excluding carboxylic acids is 1. The summed E-state index contributed by atoms with van der Waals surface area (Å²) < 4.78 is 28.2. The molecule has 1 aromatic carbocycles. The Morgan fingerprint density at radius 3 is 2.60 bits per heavy atom. The van der Waals surface area contributed by atoms with Crippen molar-refractivity contribution in [1.29, 1.82) is 0 Å². The summed E-state index contributed by atoms with van der Waals surface area (Å²) in [6.45, 7) is 0.124. The lowest BCUT2D eigenvalue weighted by Crippen LogP contribution is -2.29. The summed E-state index contributed by atoms with van der Waals surface area (Å²) in [7, 11) is -0.706. The van der Waals surface area contributed by atoms with Gasteiger partial charge in [-0.25, -0.2) is 13.6 Å². The van der Waals surface area contributed by atoms with Crippen LogP contribution in [0.25, 0.3) is 0 Å². The van der Waals surface area contributed by atoms with Crippen molar-refractivity contribution in [1.82, 2.24) is 4.90 Å². The van der Waals surface area contributed by atoms with E-state index in [1.165, 1.54) is 13.2 Å². The normalized spacial score (nSPS) is 15.2. The molecule has 20 heavy (non-hydrogen) atoms. The van der Waals surface area contributed by atoms with Gasteiger partial charge in [0.05, 0.1) is 11.5 Å². The zero-order valence-corrected chi connectivity index (χ0v) is 12.3. The van der Waals surface area contributed by atoms with Crippen LogP contribution in [0.3, 0.4) is 0 Å². The standard InChI is InChI=1S/C13H18N2O4S/c1-15(11-5-6-11)13(16)9-3-4-10(8-19-2)12(7-9)20(14,17)18/h3-4,7,11H,5-6,8H2,1-2H3,(H2,14,17,18). The van der Waals surface area contributed by atoms with Crippen LogP contribution in [0.2, 0.25) is 0 Å². The second-order valence-corrected chi connectivity index (χ2v) is 6.48. The average Bonchev–Trinajstić information content (AvgIpc) is 3.21. The molecule has 0 spiro atoms. The molecule has 2 rings (SSSR count). The fraction of sp³-hybridized carbons (Fsp3) is 0.462.